The van der Waals surface area contributed by atoms with Gasteiger partial charge in [0, 0.05) is 70.3 Å². The summed E-state index contributed by atoms with van der Waals surface area (Å²) < 4.78 is 16.0. The van der Waals surface area contributed by atoms with Crippen LogP contribution in [0.5, 0.6) is 0 Å². The number of rotatable bonds is 29. The Bertz CT molecular complexity index is 1330. The number of nitrogens with one attached hydrogen (secondary N) is 3. The molecule has 2 aromatic rings. The highest BCUT2D eigenvalue weighted by molar-refractivity contribution is 5.86. The predicted molar refractivity (Wildman–Crippen MR) is 189 cm³/mol. The van der Waals surface area contributed by atoms with E-state index in [9.17, 15) is 24.0 Å². The van der Waals surface area contributed by atoms with E-state index in [0.717, 1.165) is 24.0 Å². The molecule has 0 bridgehead atoms. The van der Waals surface area contributed by atoms with Crippen molar-refractivity contribution in [1.82, 2.24) is 36.3 Å². The Morgan fingerprint density at radius 1 is 0.686 bits per heavy atom. The number of aromatic nitrogens is 4. The van der Waals surface area contributed by atoms with Crippen LogP contribution in [-0.4, -0.2) is 109 Å². The molecule has 15 nitrogen and oxygen atoms in total. The van der Waals surface area contributed by atoms with E-state index in [1.165, 1.54) is 0 Å². The highest BCUT2D eigenvalue weighted by atomic mass is 16.5. The second-order valence-corrected chi connectivity index (χ2v) is 12.2. The quantitative estimate of drug-likeness (QED) is 0.104. The third kappa shape index (κ3) is 20.3. The summed E-state index contributed by atoms with van der Waals surface area (Å²) in [5.74, 6) is 0.00682. The molecule has 3 amide bonds. The van der Waals surface area contributed by atoms with Crippen LogP contribution in [0.25, 0.3) is 11.4 Å². The van der Waals surface area contributed by atoms with E-state index in [2.05, 4.69) is 36.3 Å². The van der Waals surface area contributed by atoms with Crippen molar-refractivity contribution in [2.45, 2.75) is 84.5 Å². The lowest BCUT2D eigenvalue weighted by Crippen LogP contribution is -2.34. The Morgan fingerprint density at radius 2 is 1.33 bits per heavy atom. The molecule has 0 radical (unpaired) electrons. The average molecular weight is 714 g/mol. The van der Waals surface area contributed by atoms with Crippen LogP contribution in [0.2, 0.25) is 0 Å². The number of ether oxygens (including phenoxy) is 3. The number of hydrogen-bond donors (Lipinski definition) is 3. The molecule has 1 aromatic carbocycles. The lowest BCUT2D eigenvalue weighted by atomic mass is 9.94. The molecule has 1 atom stereocenters. The normalized spacial score (nSPS) is 11.5. The number of unbranched alkanes of at least 4 members (excludes halogenated alkanes) is 2. The molecular weight excluding hydrogens is 658 g/mol. The van der Waals surface area contributed by atoms with Crippen LogP contribution in [0.4, 0.5) is 0 Å². The summed E-state index contributed by atoms with van der Waals surface area (Å²) in [6.45, 7) is 6.24. The molecule has 2 rings (SSSR count). The van der Waals surface area contributed by atoms with Crippen LogP contribution in [-0.2, 0) is 44.6 Å². The van der Waals surface area contributed by atoms with E-state index in [1.807, 2.05) is 31.2 Å². The first kappa shape index (κ1) is 43.0. The smallest absolute Gasteiger partial charge is 0.224 e. The van der Waals surface area contributed by atoms with Gasteiger partial charge in [-0.25, -0.2) is 0 Å². The number of ketones is 2. The zero-order valence-corrected chi connectivity index (χ0v) is 30.4. The van der Waals surface area contributed by atoms with Gasteiger partial charge in [-0.3, -0.25) is 24.0 Å². The van der Waals surface area contributed by atoms with Crippen molar-refractivity contribution < 1.29 is 38.2 Å². The Balaban J connectivity index is 1.60. The van der Waals surface area contributed by atoms with Crippen LogP contribution in [0.3, 0.4) is 0 Å². The molecule has 0 aliphatic carbocycles. The Labute approximate surface area is 300 Å². The lowest BCUT2D eigenvalue weighted by Gasteiger charge is -2.16. The van der Waals surface area contributed by atoms with E-state index in [1.54, 1.807) is 14.0 Å². The molecule has 1 heterocycles. The molecule has 0 saturated carbocycles. The maximum absolute atomic E-state index is 12.8. The molecule has 51 heavy (non-hydrogen) atoms. The van der Waals surface area contributed by atoms with E-state index in [-0.39, 0.29) is 74.8 Å². The largest absolute Gasteiger partial charge is 0.383 e. The molecule has 0 unspecified atom stereocenters. The van der Waals surface area contributed by atoms with Crippen LogP contribution < -0.4 is 16.0 Å². The minimum absolute atomic E-state index is 0.0858. The van der Waals surface area contributed by atoms with Gasteiger partial charge in [0.15, 0.2) is 5.82 Å². The second-order valence-electron chi connectivity index (χ2n) is 12.2. The number of Topliss-reactive ketones (excluding diaryl/α,β-unsaturated/α-hetero) is 2. The summed E-state index contributed by atoms with van der Waals surface area (Å²) in [5, 5.41) is 24.3. The first-order valence-electron chi connectivity index (χ1n) is 17.8. The molecule has 15 heteroatoms. The molecule has 1 aromatic heterocycles. The molecule has 0 aliphatic rings. The fourth-order valence-electron chi connectivity index (χ4n) is 4.87. The van der Waals surface area contributed by atoms with Gasteiger partial charge in [0.05, 0.1) is 39.5 Å². The number of methoxy groups -OCH3 is 1. The highest BCUT2D eigenvalue weighted by Crippen LogP contribution is 2.16. The van der Waals surface area contributed by atoms with Gasteiger partial charge in [-0.15, -0.1) is 20.4 Å². The Hall–Kier alpha value is -4.21. The van der Waals surface area contributed by atoms with E-state index < -0.39 is 5.92 Å². The van der Waals surface area contributed by atoms with Crippen molar-refractivity contribution in [1.29, 1.82) is 0 Å². The van der Waals surface area contributed by atoms with Gasteiger partial charge < -0.3 is 30.2 Å². The average Bonchev–Trinajstić information content (AvgIpc) is 3.12. The molecule has 282 valence electrons. The summed E-state index contributed by atoms with van der Waals surface area (Å²) in [6, 6.07) is 7.27. The minimum atomic E-state index is -0.496. The Kier molecular flexibility index (Phi) is 22.4. The first-order chi connectivity index (χ1) is 24.7. The van der Waals surface area contributed by atoms with Crippen molar-refractivity contribution >= 4 is 29.3 Å². The summed E-state index contributed by atoms with van der Waals surface area (Å²) in [5.41, 5.74) is 1.58. The zero-order valence-electron chi connectivity index (χ0n) is 30.4. The van der Waals surface area contributed by atoms with Gasteiger partial charge in [-0.05, 0) is 31.7 Å². The van der Waals surface area contributed by atoms with Crippen LogP contribution >= 0.6 is 0 Å². The van der Waals surface area contributed by atoms with Crippen molar-refractivity contribution in [3.8, 4) is 11.4 Å². The summed E-state index contributed by atoms with van der Waals surface area (Å²) in [7, 11) is 1.55. The van der Waals surface area contributed by atoms with Crippen molar-refractivity contribution in [2.75, 3.05) is 59.8 Å². The molecule has 0 saturated heterocycles. The first-order valence-corrected chi connectivity index (χ1v) is 17.8. The number of aryl methyl sites for hydroxylation is 1. The second kappa shape index (κ2) is 26.6. The number of benzene rings is 1. The topological polar surface area (TPSA) is 201 Å². The summed E-state index contributed by atoms with van der Waals surface area (Å²) >= 11 is 0. The van der Waals surface area contributed by atoms with Crippen LogP contribution in [0.1, 0.15) is 82.5 Å². The maximum atomic E-state index is 12.8. The van der Waals surface area contributed by atoms with Crippen molar-refractivity contribution in [3.05, 3.63) is 35.7 Å². The van der Waals surface area contributed by atoms with Gasteiger partial charge >= 0.3 is 0 Å². The van der Waals surface area contributed by atoms with E-state index >= 15 is 0 Å². The fraction of sp³-hybridized carbons (Fsp3) is 0.639. The third-order valence-electron chi connectivity index (χ3n) is 7.81. The summed E-state index contributed by atoms with van der Waals surface area (Å²) in [4.78, 5) is 61.6. The van der Waals surface area contributed by atoms with Gasteiger partial charge in [0.2, 0.25) is 23.5 Å². The van der Waals surface area contributed by atoms with Crippen molar-refractivity contribution in [2.24, 2.45) is 5.92 Å². The maximum Gasteiger partial charge on any atom is 0.224 e. The lowest BCUT2D eigenvalue weighted by molar-refractivity contribution is -0.130. The standard InChI is InChI=1S/C36H55N7O8/c1-4-5-9-31(44)14-20-50-22-16-33(46)37-17-7-6-8-30(36(48)39-18-23-49-3)26-32(45)15-21-51-24-19-38-34(47)25-28-10-12-29(13-11-28)35-42-40-27(2)41-43-35/h10-13,30H,4-9,14-26H2,1-3H3,(H,37,46)(H,38,47)(H,39,48)/t30-/m1/s1. The van der Waals surface area contributed by atoms with Crippen LogP contribution in [0.15, 0.2) is 24.3 Å². The Morgan fingerprint density at radius 3 is 2.04 bits per heavy atom. The highest BCUT2D eigenvalue weighted by Gasteiger charge is 2.21. The molecule has 0 fully saturated rings. The predicted octanol–water partition coefficient (Wildman–Crippen LogP) is 2.49. The van der Waals surface area contributed by atoms with E-state index in [0.29, 0.717) is 76.6 Å². The minimum Gasteiger partial charge on any atom is -0.383 e. The van der Waals surface area contributed by atoms with Crippen molar-refractivity contribution in [3.63, 3.8) is 0 Å². The molecule has 0 aliphatic heterocycles. The number of carbonyl (C=O) groups is 5. The van der Waals surface area contributed by atoms with Gasteiger partial charge in [-0.1, -0.05) is 44.0 Å². The SMILES string of the molecule is CCCCC(=O)CCOCCC(=O)NCCCC[C@H](CC(=O)CCOCCNC(=O)Cc1ccc(-c2nnc(C)nn2)cc1)C(=O)NCCOC. The molecule has 0 spiro atoms. The number of hydrogen-bond acceptors (Lipinski definition) is 12. The third-order valence-corrected chi connectivity index (χ3v) is 7.81. The summed E-state index contributed by atoms with van der Waals surface area (Å²) in [6.07, 6.45) is 5.29. The monoisotopic (exact) mass is 713 g/mol. The van der Waals surface area contributed by atoms with Gasteiger partial charge in [0.25, 0.3) is 0 Å². The number of carbonyl (C=O) groups excluding carboxylic acids is 5. The van der Waals surface area contributed by atoms with Gasteiger partial charge in [-0.2, -0.15) is 0 Å². The zero-order chi connectivity index (χ0) is 37.1. The molecule has 3 N–H and O–H groups in total. The van der Waals surface area contributed by atoms with E-state index in [4.69, 9.17) is 14.2 Å². The number of amides is 3. The fourth-order valence-corrected chi connectivity index (χ4v) is 4.87. The molecular formula is C36H55N7O8. The van der Waals surface area contributed by atoms with Crippen LogP contribution in [0, 0.1) is 12.8 Å². The van der Waals surface area contributed by atoms with Gasteiger partial charge in [0.1, 0.15) is 11.6 Å². The number of nitrogens with zero attached hydrogens (tertiary/aromatic N) is 4.